The Morgan fingerprint density at radius 2 is 2.11 bits per heavy atom. The van der Waals surface area contributed by atoms with Gasteiger partial charge in [0, 0.05) is 11.7 Å². The number of hydrogen-bond donors (Lipinski definition) is 2. The molecular formula is C8H12N2O5S3. The first-order chi connectivity index (χ1) is 8.20. The quantitative estimate of drug-likeness (QED) is 0.759. The molecule has 1 saturated heterocycles. The van der Waals surface area contributed by atoms with Crippen LogP contribution in [0.3, 0.4) is 0 Å². The Morgan fingerprint density at radius 1 is 1.44 bits per heavy atom. The molecule has 7 nitrogen and oxygen atoms in total. The van der Waals surface area contributed by atoms with Gasteiger partial charge in [-0.25, -0.2) is 21.6 Å². The van der Waals surface area contributed by atoms with E-state index in [-0.39, 0.29) is 27.8 Å². The summed E-state index contributed by atoms with van der Waals surface area (Å²) in [6.07, 6.45) is 0.264. The van der Waals surface area contributed by atoms with Crippen LogP contribution in [-0.2, 0) is 19.9 Å². The molecular weight excluding hydrogens is 300 g/mol. The van der Waals surface area contributed by atoms with Gasteiger partial charge in [0.1, 0.15) is 0 Å². The normalized spacial score (nSPS) is 23.3. The van der Waals surface area contributed by atoms with Crippen molar-refractivity contribution in [1.29, 1.82) is 0 Å². The van der Waals surface area contributed by atoms with Gasteiger partial charge in [0.05, 0.1) is 11.5 Å². The molecule has 1 fully saturated rings. The lowest BCUT2D eigenvalue weighted by molar-refractivity contribution is 0.563. The standard InChI is InChI=1S/C8H12N2O5S3/c1-5-7(16-8(11)9-5)18(14,15)10-6-2-3-17(12,13)4-6/h6,10H,2-4H2,1H3,(H,9,11). The van der Waals surface area contributed by atoms with Crippen molar-refractivity contribution in [1.82, 2.24) is 9.71 Å². The maximum Gasteiger partial charge on any atom is 0.305 e. The molecule has 10 heteroatoms. The van der Waals surface area contributed by atoms with Crippen molar-refractivity contribution < 1.29 is 16.8 Å². The molecule has 102 valence electrons. The van der Waals surface area contributed by atoms with Gasteiger partial charge in [0.2, 0.25) is 0 Å². The molecule has 1 aliphatic heterocycles. The number of sulfone groups is 1. The molecule has 0 radical (unpaired) electrons. The van der Waals surface area contributed by atoms with E-state index in [9.17, 15) is 21.6 Å². The number of H-pyrrole nitrogens is 1. The van der Waals surface area contributed by atoms with E-state index in [4.69, 9.17) is 0 Å². The fourth-order valence-corrected chi connectivity index (χ4v) is 6.17. The lowest BCUT2D eigenvalue weighted by Gasteiger charge is -2.10. The Morgan fingerprint density at radius 3 is 2.56 bits per heavy atom. The molecule has 1 aromatic heterocycles. The minimum absolute atomic E-state index is 0.0114. The highest BCUT2D eigenvalue weighted by atomic mass is 32.2. The summed E-state index contributed by atoms with van der Waals surface area (Å²) in [4.78, 5) is 13.0. The SMILES string of the molecule is Cc1[nH]c(=O)sc1S(=O)(=O)NC1CCS(=O)(=O)C1. The molecule has 1 aromatic rings. The van der Waals surface area contributed by atoms with Gasteiger partial charge in [-0.1, -0.05) is 11.3 Å². The van der Waals surface area contributed by atoms with E-state index in [1.54, 1.807) is 0 Å². The van der Waals surface area contributed by atoms with E-state index in [0.717, 1.165) is 0 Å². The number of hydrogen-bond acceptors (Lipinski definition) is 6. The molecule has 0 amide bonds. The van der Waals surface area contributed by atoms with Gasteiger partial charge in [-0.15, -0.1) is 0 Å². The van der Waals surface area contributed by atoms with Crippen molar-refractivity contribution >= 4 is 31.2 Å². The van der Waals surface area contributed by atoms with E-state index in [0.29, 0.717) is 11.3 Å². The number of aromatic nitrogens is 1. The van der Waals surface area contributed by atoms with Crippen LogP contribution in [0.2, 0.25) is 0 Å². The number of thiazole rings is 1. The van der Waals surface area contributed by atoms with Crippen LogP contribution in [-0.4, -0.2) is 39.4 Å². The van der Waals surface area contributed by atoms with Crippen molar-refractivity contribution in [3.05, 3.63) is 15.4 Å². The summed E-state index contributed by atoms with van der Waals surface area (Å²) < 4.78 is 48.7. The number of rotatable bonds is 3. The summed E-state index contributed by atoms with van der Waals surface area (Å²) in [7, 11) is -6.98. The van der Waals surface area contributed by atoms with Crippen LogP contribution < -0.4 is 9.60 Å². The third kappa shape index (κ3) is 2.82. The average Bonchev–Trinajstić information content (AvgIpc) is 2.69. The maximum atomic E-state index is 12.0. The molecule has 2 N–H and O–H groups in total. The van der Waals surface area contributed by atoms with E-state index in [1.165, 1.54) is 6.92 Å². The topological polar surface area (TPSA) is 113 Å². The molecule has 0 aliphatic carbocycles. The Bertz CT molecular complexity index is 712. The molecule has 2 rings (SSSR count). The summed E-state index contributed by atoms with van der Waals surface area (Å²) in [5, 5.41) is 0. The molecule has 1 unspecified atom stereocenters. The van der Waals surface area contributed by atoms with Crippen molar-refractivity contribution in [2.24, 2.45) is 0 Å². The second kappa shape index (κ2) is 4.44. The second-order valence-corrected chi connectivity index (χ2v) is 9.27. The van der Waals surface area contributed by atoms with Crippen LogP contribution in [0.5, 0.6) is 0 Å². The predicted molar refractivity (Wildman–Crippen MR) is 67.1 cm³/mol. The summed E-state index contributed by atoms with van der Waals surface area (Å²) in [6, 6.07) is -0.614. The fraction of sp³-hybridized carbons (Fsp3) is 0.625. The van der Waals surface area contributed by atoms with E-state index in [2.05, 4.69) is 9.71 Å². The predicted octanol–water partition coefficient (Wildman–Crippen LogP) is -0.790. The van der Waals surface area contributed by atoms with Crippen LogP contribution in [0.15, 0.2) is 9.00 Å². The molecule has 1 aliphatic rings. The largest absolute Gasteiger partial charge is 0.315 e. The lowest BCUT2D eigenvalue weighted by atomic mass is 10.3. The van der Waals surface area contributed by atoms with Gasteiger partial charge in [0.15, 0.2) is 14.0 Å². The molecule has 2 heterocycles. The molecule has 0 bridgehead atoms. The summed E-state index contributed by atoms with van der Waals surface area (Å²) in [5.74, 6) is -0.201. The summed E-state index contributed by atoms with van der Waals surface area (Å²) >= 11 is 0.594. The highest BCUT2D eigenvalue weighted by Crippen LogP contribution is 2.19. The molecule has 0 spiro atoms. The molecule has 0 saturated carbocycles. The first-order valence-corrected chi connectivity index (χ1v) is 9.24. The van der Waals surface area contributed by atoms with Gasteiger partial charge < -0.3 is 4.98 Å². The average molecular weight is 312 g/mol. The van der Waals surface area contributed by atoms with Gasteiger partial charge >= 0.3 is 4.87 Å². The zero-order valence-electron chi connectivity index (χ0n) is 9.46. The van der Waals surface area contributed by atoms with Gasteiger partial charge in [-0.05, 0) is 13.3 Å². The Labute approximate surface area is 108 Å². The Kier molecular flexibility index (Phi) is 3.38. The van der Waals surface area contributed by atoms with E-state index in [1.807, 2.05) is 0 Å². The minimum Gasteiger partial charge on any atom is -0.315 e. The van der Waals surface area contributed by atoms with Crippen molar-refractivity contribution in [2.75, 3.05) is 11.5 Å². The molecule has 18 heavy (non-hydrogen) atoms. The van der Waals surface area contributed by atoms with Gasteiger partial charge in [0.25, 0.3) is 10.0 Å². The zero-order valence-corrected chi connectivity index (χ0v) is 11.9. The van der Waals surface area contributed by atoms with Crippen LogP contribution in [0.1, 0.15) is 12.1 Å². The monoisotopic (exact) mass is 312 g/mol. The van der Waals surface area contributed by atoms with Crippen LogP contribution in [0.4, 0.5) is 0 Å². The highest BCUT2D eigenvalue weighted by Gasteiger charge is 2.32. The highest BCUT2D eigenvalue weighted by molar-refractivity contribution is 7.92. The first-order valence-electron chi connectivity index (χ1n) is 5.12. The van der Waals surface area contributed by atoms with E-state index >= 15 is 0 Å². The Balaban J connectivity index is 2.24. The van der Waals surface area contributed by atoms with Crippen LogP contribution in [0.25, 0.3) is 0 Å². The third-order valence-electron chi connectivity index (χ3n) is 2.58. The summed E-state index contributed by atoms with van der Waals surface area (Å²) in [5.41, 5.74) is 0.262. The van der Waals surface area contributed by atoms with Crippen molar-refractivity contribution in [3.63, 3.8) is 0 Å². The second-order valence-electron chi connectivity index (χ2n) is 4.15. The summed E-state index contributed by atoms with van der Waals surface area (Å²) in [6.45, 7) is 1.48. The maximum absolute atomic E-state index is 12.0. The van der Waals surface area contributed by atoms with Gasteiger partial charge in [-0.2, -0.15) is 0 Å². The van der Waals surface area contributed by atoms with Crippen molar-refractivity contribution in [2.45, 2.75) is 23.6 Å². The lowest BCUT2D eigenvalue weighted by Crippen LogP contribution is -2.35. The van der Waals surface area contributed by atoms with Crippen molar-refractivity contribution in [3.8, 4) is 0 Å². The minimum atomic E-state index is -3.83. The molecule has 1 atom stereocenters. The van der Waals surface area contributed by atoms with Gasteiger partial charge in [-0.3, -0.25) is 4.79 Å². The van der Waals surface area contributed by atoms with Crippen LogP contribution in [0, 0.1) is 6.92 Å². The number of aryl methyl sites for hydroxylation is 1. The third-order valence-corrected chi connectivity index (χ3v) is 7.47. The number of sulfonamides is 1. The smallest absolute Gasteiger partial charge is 0.305 e. The fourth-order valence-electron chi connectivity index (χ4n) is 1.81. The Hall–Kier alpha value is -0.710. The first kappa shape index (κ1) is 13.7. The molecule has 0 aromatic carbocycles. The number of aromatic amines is 1. The van der Waals surface area contributed by atoms with Crippen LogP contribution >= 0.6 is 11.3 Å². The zero-order chi connectivity index (χ0) is 13.6. The van der Waals surface area contributed by atoms with E-state index < -0.39 is 30.8 Å². The number of nitrogens with one attached hydrogen (secondary N) is 2.